The maximum absolute atomic E-state index is 12.4. The topological polar surface area (TPSA) is 34.1 Å². The van der Waals surface area contributed by atoms with Gasteiger partial charge >= 0.3 is 13.3 Å². The molecule has 0 fully saturated rings. The summed E-state index contributed by atoms with van der Waals surface area (Å²) in [5.74, 6) is 0. The molecule has 1 radical (unpaired) electrons. The van der Waals surface area contributed by atoms with Crippen molar-refractivity contribution in [3.8, 4) is 0 Å². The average Bonchev–Trinajstić information content (AvgIpc) is 2.37. The second-order valence-electron chi connectivity index (χ2n) is 4.71. The minimum Gasteiger partial charge on any atom is -0.234 e. The first-order valence-electron chi connectivity index (χ1n) is 6.15. The molecule has 2 rings (SSSR count). The summed E-state index contributed by atoms with van der Waals surface area (Å²) in [5, 5.41) is 0.585. The van der Waals surface area contributed by atoms with E-state index < -0.39 is 7.80 Å². The molecule has 2 aromatic carbocycles. The number of hydrogen-bond acceptors (Lipinski definition) is 2. The summed E-state index contributed by atoms with van der Waals surface area (Å²) in [6, 6.07) is 12.8. The van der Waals surface area contributed by atoms with Gasteiger partial charge in [-0.15, -0.1) is 0 Å². The average molecular weight is 278 g/mol. The van der Waals surface area contributed by atoms with Crippen LogP contribution in [0.2, 0.25) is 0 Å². The van der Waals surface area contributed by atoms with Gasteiger partial charge in [-0.1, -0.05) is 40.5 Å². The van der Waals surface area contributed by atoms with Crippen LogP contribution in [0.1, 0.15) is 27.0 Å². The molecule has 0 spiro atoms. The first-order valence-corrected chi connectivity index (χ1v) is 7.41. The van der Waals surface area contributed by atoms with Gasteiger partial charge in [-0.05, 0) is 44.0 Å². The molecule has 0 saturated heterocycles. The molecule has 1 atom stereocenters. The molecule has 0 aromatic heterocycles. The second kappa shape index (κ2) is 7.00. The molecule has 0 heterocycles. The van der Waals surface area contributed by atoms with Crippen LogP contribution in [0.5, 0.6) is 0 Å². The van der Waals surface area contributed by atoms with E-state index in [0.29, 0.717) is 10.9 Å². The third-order valence-electron chi connectivity index (χ3n) is 3.07. The summed E-state index contributed by atoms with van der Waals surface area (Å²) >= 11 is 0. The Morgan fingerprint density at radius 3 is 1.95 bits per heavy atom. The minimum absolute atomic E-state index is 0. The smallest absolute Gasteiger partial charge is 0.234 e. The molecule has 0 aliphatic heterocycles. The molecule has 0 bridgehead atoms. The van der Waals surface area contributed by atoms with Crippen LogP contribution in [0.15, 0.2) is 42.5 Å². The standard InChI is InChI=1S/C16H16O2P.Li/c1-11-9-12(2)15(13(3)10-11)16(17)19(18)14-7-5-4-6-8-14;/h4-10H,1-3H3;/q+1;. The number of hydrogen-bond donors (Lipinski definition) is 0. The van der Waals surface area contributed by atoms with Crippen LogP contribution in [0, 0.1) is 20.8 Å². The molecule has 2 nitrogen and oxygen atoms in total. The SMILES string of the molecule is Cc1cc(C)c(C(=O)[P+](=O)c2ccccc2)c(C)c1.[Li]. The fraction of sp³-hybridized carbons (Fsp3) is 0.188. The van der Waals surface area contributed by atoms with Gasteiger partial charge in [0.15, 0.2) is 5.30 Å². The van der Waals surface area contributed by atoms with E-state index in [0.717, 1.165) is 16.7 Å². The van der Waals surface area contributed by atoms with Gasteiger partial charge in [-0.25, -0.2) is 4.79 Å². The van der Waals surface area contributed by atoms with Crippen LogP contribution in [0.3, 0.4) is 0 Å². The van der Waals surface area contributed by atoms with E-state index in [2.05, 4.69) is 0 Å². The summed E-state index contributed by atoms with van der Waals surface area (Å²) in [6.07, 6.45) is 0. The molecule has 0 aliphatic rings. The Balaban J connectivity index is 0.00000200. The normalized spacial score (nSPS) is 10.7. The summed E-state index contributed by atoms with van der Waals surface area (Å²) < 4.78 is 12.3. The van der Waals surface area contributed by atoms with Crippen molar-refractivity contribution in [2.24, 2.45) is 0 Å². The molecular formula is C16H16LiO2P+. The Kier molecular flexibility index (Phi) is 5.90. The van der Waals surface area contributed by atoms with E-state index in [9.17, 15) is 9.36 Å². The van der Waals surface area contributed by atoms with Crippen LogP contribution in [0.25, 0.3) is 0 Å². The van der Waals surface area contributed by atoms with Crippen molar-refractivity contribution in [2.45, 2.75) is 20.8 Å². The van der Waals surface area contributed by atoms with Crippen LogP contribution in [-0.4, -0.2) is 24.4 Å². The van der Waals surface area contributed by atoms with Gasteiger partial charge in [-0.2, -0.15) is 0 Å². The van der Waals surface area contributed by atoms with Gasteiger partial charge in [0.25, 0.3) is 0 Å². The summed E-state index contributed by atoms with van der Waals surface area (Å²) in [6.45, 7) is 5.77. The summed E-state index contributed by atoms with van der Waals surface area (Å²) in [4.78, 5) is 12.4. The molecule has 0 N–H and O–H groups in total. The zero-order chi connectivity index (χ0) is 14.0. The van der Waals surface area contributed by atoms with E-state index in [1.165, 1.54) is 0 Å². The third-order valence-corrected chi connectivity index (χ3v) is 4.43. The fourth-order valence-corrected chi connectivity index (χ4v) is 3.53. The molecule has 20 heavy (non-hydrogen) atoms. The molecule has 4 heteroatoms. The van der Waals surface area contributed by atoms with Crippen LogP contribution >= 0.6 is 7.80 Å². The maximum Gasteiger partial charge on any atom is 0.458 e. The van der Waals surface area contributed by atoms with E-state index in [4.69, 9.17) is 0 Å². The molecule has 97 valence electrons. The number of rotatable bonds is 3. The molecular weight excluding hydrogens is 262 g/mol. The zero-order valence-electron chi connectivity index (χ0n) is 12.3. The fourth-order valence-electron chi connectivity index (χ4n) is 2.30. The summed E-state index contributed by atoms with van der Waals surface area (Å²) in [7, 11) is -2.04. The molecule has 2 aromatic rings. The third kappa shape index (κ3) is 3.47. The Labute approximate surface area is 132 Å². The van der Waals surface area contributed by atoms with Gasteiger partial charge < -0.3 is 0 Å². The number of benzene rings is 2. The zero-order valence-corrected chi connectivity index (χ0v) is 13.2. The molecule has 0 aliphatic carbocycles. The first-order chi connectivity index (χ1) is 9.00. The number of aryl methyl sites for hydroxylation is 3. The Morgan fingerprint density at radius 1 is 0.950 bits per heavy atom. The van der Waals surface area contributed by atoms with Crippen molar-refractivity contribution >= 4 is 37.5 Å². The number of carbonyl (C=O) groups excluding carboxylic acids is 1. The molecule has 0 saturated carbocycles. The quantitative estimate of drug-likeness (QED) is 0.636. The van der Waals surface area contributed by atoms with E-state index in [1.54, 1.807) is 24.3 Å². The van der Waals surface area contributed by atoms with Crippen molar-refractivity contribution in [3.63, 3.8) is 0 Å². The molecule has 1 unspecified atom stereocenters. The van der Waals surface area contributed by atoms with Crippen LogP contribution < -0.4 is 5.30 Å². The van der Waals surface area contributed by atoms with Crippen molar-refractivity contribution in [2.75, 3.05) is 0 Å². The van der Waals surface area contributed by atoms with Crippen molar-refractivity contribution in [3.05, 3.63) is 64.7 Å². The Bertz CT molecular complexity index is 628. The van der Waals surface area contributed by atoms with Gasteiger partial charge in [-0.3, -0.25) is 0 Å². The maximum atomic E-state index is 12.4. The Hall–Kier alpha value is -1.19. The van der Waals surface area contributed by atoms with Crippen molar-refractivity contribution < 1.29 is 9.36 Å². The number of carbonyl (C=O) groups is 1. The van der Waals surface area contributed by atoms with E-state index in [-0.39, 0.29) is 24.4 Å². The van der Waals surface area contributed by atoms with Crippen LogP contribution in [0.4, 0.5) is 0 Å². The van der Waals surface area contributed by atoms with E-state index in [1.807, 2.05) is 39.0 Å². The Morgan fingerprint density at radius 2 is 1.45 bits per heavy atom. The predicted molar refractivity (Wildman–Crippen MR) is 84.4 cm³/mol. The van der Waals surface area contributed by atoms with Crippen LogP contribution in [-0.2, 0) is 4.57 Å². The van der Waals surface area contributed by atoms with E-state index >= 15 is 0 Å². The van der Waals surface area contributed by atoms with Gasteiger partial charge in [0, 0.05) is 18.9 Å². The minimum atomic E-state index is -2.04. The first kappa shape index (κ1) is 16.9. The van der Waals surface area contributed by atoms with Crippen molar-refractivity contribution in [1.82, 2.24) is 0 Å². The molecule has 0 amide bonds. The van der Waals surface area contributed by atoms with Gasteiger partial charge in [0.1, 0.15) is 0 Å². The van der Waals surface area contributed by atoms with Gasteiger partial charge in [0.05, 0.1) is 5.56 Å². The van der Waals surface area contributed by atoms with Crippen molar-refractivity contribution in [1.29, 1.82) is 0 Å². The second-order valence-corrected chi connectivity index (χ2v) is 6.22. The van der Waals surface area contributed by atoms with Gasteiger partial charge in [0.2, 0.25) is 0 Å². The monoisotopic (exact) mass is 278 g/mol. The predicted octanol–water partition coefficient (Wildman–Crippen LogP) is 3.52. The summed E-state index contributed by atoms with van der Waals surface area (Å²) in [5.41, 5.74) is 3.21. The largest absolute Gasteiger partial charge is 0.458 e.